The highest BCUT2D eigenvalue weighted by Crippen LogP contribution is 2.50. The van der Waals surface area contributed by atoms with Crippen molar-refractivity contribution in [3.8, 4) is 0 Å². The Morgan fingerprint density at radius 2 is 2.05 bits per heavy atom. The van der Waals surface area contributed by atoms with Gasteiger partial charge in [0.2, 0.25) is 5.91 Å². The summed E-state index contributed by atoms with van der Waals surface area (Å²) < 4.78 is 13.4. The van der Waals surface area contributed by atoms with Gasteiger partial charge in [-0.05, 0) is 49.3 Å². The van der Waals surface area contributed by atoms with Crippen LogP contribution < -0.4 is 0 Å². The molecule has 0 aromatic heterocycles. The van der Waals surface area contributed by atoms with Crippen LogP contribution in [0.25, 0.3) is 0 Å². The second-order valence-corrected chi connectivity index (χ2v) is 6.01. The summed E-state index contributed by atoms with van der Waals surface area (Å²) in [6.07, 6.45) is 3.35. The summed E-state index contributed by atoms with van der Waals surface area (Å²) in [5.41, 5.74) is 0.334. The normalized spacial score (nSPS) is 21.8. The number of benzene rings is 1. The molecular weight excluding hydrogens is 257 g/mol. The fraction of sp³-hybridized carbons (Fsp3) is 0.562. The lowest BCUT2D eigenvalue weighted by Gasteiger charge is -2.34. The number of aliphatic hydroxyl groups excluding tert-OH is 1. The molecule has 1 aromatic carbocycles. The highest BCUT2D eigenvalue weighted by Gasteiger charge is 2.53. The molecule has 1 saturated heterocycles. The lowest BCUT2D eigenvalue weighted by molar-refractivity contribution is -0.135. The molecule has 1 heterocycles. The maximum absolute atomic E-state index is 13.4. The largest absolute Gasteiger partial charge is 0.396 e. The molecule has 1 aliphatic carbocycles. The Morgan fingerprint density at radius 3 is 2.60 bits per heavy atom. The Bertz CT molecular complexity index is 505. The monoisotopic (exact) mass is 277 g/mol. The van der Waals surface area contributed by atoms with Gasteiger partial charge in [0.25, 0.3) is 0 Å². The minimum absolute atomic E-state index is 0.138. The van der Waals surface area contributed by atoms with Gasteiger partial charge in [-0.3, -0.25) is 4.79 Å². The van der Waals surface area contributed by atoms with Crippen LogP contribution in [0.15, 0.2) is 24.3 Å². The van der Waals surface area contributed by atoms with E-state index in [9.17, 15) is 9.18 Å². The van der Waals surface area contributed by atoms with Crippen molar-refractivity contribution in [3.63, 3.8) is 0 Å². The average molecular weight is 277 g/mol. The van der Waals surface area contributed by atoms with Crippen LogP contribution in [-0.2, 0) is 10.2 Å². The molecule has 1 aromatic rings. The number of amides is 1. The van der Waals surface area contributed by atoms with Crippen molar-refractivity contribution < 1.29 is 14.3 Å². The summed E-state index contributed by atoms with van der Waals surface area (Å²) in [5.74, 6) is 0.184. The first kappa shape index (κ1) is 13.6. The maximum atomic E-state index is 13.4. The summed E-state index contributed by atoms with van der Waals surface area (Å²) >= 11 is 0. The van der Waals surface area contributed by atoms with Crippen LogP contribution in [0.1, 0.15) is 31.2 Å². The van der Waals surface area contributed by atoms with Crippen molar-refractivity contribution in [1.29, 1.82) is 0 Å². The standard InChI is InChI=1S/C16H20FNO2/c17-14-3-1-2-13(10-14)16(6-7-16)15(20)18-8-4-12(11-19)5-9-18/h1-3,10,12,19H,4-9,11H2. The molecule has 1 N–H and O–H groups in total. The number of halogens is 1. The van der Waals surface area contributed by atoms with Crippen LogP contribution in [0.2, 0.25) is 0 Å². The number of hydrogen-bond donors (Lipinski definition) is 1. The van der Waals surface area contributed by atoms with Crippen molar-refractivity contribution in [1.82, 2.24) is 4.90 Å². The maximum Gasteiger partial charge on any atom is 0.233 e. The summed E-state index contributed by atoms with van der Waals surface area (Å²) in [7, 11) is 0. The molecule has 1 saturated carbocycles. The second-order valence-electron chi connectivity index (χ2n) is 6.01. The fourth-order valence-corrected chi connectivity index (χ4v) is 3.16. The van der Waals surface area contributed by atoms with E-state index in [0.717, 1.165) is 31.2 Å². The molecule has 0 unspecified atom stereocenters. The van der Waals surface area contributed by atoms with Crippen molar-refractivity contribution in [2.24, 2.45) is 5.92 Å². The van der Waals surface area contributed by atoms with Crippen LogP contribution in [0.4, 0.5) is 4.39 Å². The molecule has 0 radical (unpaired) electrons. The third-order valence-corrected chi connectivity index (χ3v) is 4.70. The first-order valence-electron chi connectivity index (χ1n) is 7.32. The van der Waals surface area contributed by atoms with Gasteiger partial charge in [-0.15, -0.1) is 0 Å². The van der Waals surface area contributed by atoms with Gasteiger partial charge < -0.3 is 10.0 Å². The average Bonchev–Trinajstić information content (AvgIpc) is 3.28. The van der Waals surface area contributed by atoms with Gasteiger partial charge in [-0.25, -0.2) is 4.39 Å². The molecule has 20 heavy (non-hydrogen) atoms. The predicted molar refractivity (Wildman–Crippen MR) is 73.7 cm³/mol. The van der Waals surface area contributed by atoms with E-state index in [1.165, 1.54) is 12.1 Å². The van der Waals surface area contributed by atoms with Gasteiger partial charge in [-0.1, -0.05) is 12.1 Å². The molecular formula is C16H20FNO2. The molecule has 3 rings (SSSR count). The Balaban J connectivity index is 1.74. The molecule has 2 fully saturated rings. The number of piperidine rings is 1. The Hall–Kier alpha value is -1.42. The molecule has 0 atom stereocenters. The smallest absolute Gasteiger partial charge is 0.233 e. The summed E-state index contributed by atoms with van der Waals surface area (Å²) in [5, 5.41) is 9.15. The molecule has 0 bridgehead atoms. The molecule has 3 nitrogen and oxygen atoms in total. The van der Waals surface area contributed by atoms with Crippen LogP contribution in [0, 0.1) is 11.7 Å². The van der Waals surface area contributed by atoms with Gasteiger partial charge in [0, 0.05) is 19.7 Å². The molecule has 1 amide bonds. The van der Waals surface area contributed by atoms with Gasteiger partial charge in [0.05, 0.1) is 5.41 Å². The zero-order valence-electron chi connectivity index (χ0n) is 11.5. The van der Waals surface area contributed by atoms with E-state index in [-0.39, 0.29) is 18.3 Å². The third-order valence-electron chi connectivity index (χ3n) is 4.70. The minimum Gasteiger partial charge on any atom is -0.396 e. The van der Waals surface area contributed by atoms with Crippen LogP contribution in [-0.4, -0.2) is 35.6 Å². The number of carbonyl (C=O) groups excluding carboxylic acids is 1. The second kappa shape index (κ2) is 5.17. The molecule has 4 heteroatoms. The number of hydrogen-bond acceptors (Lipinski definition) is 2. The molecule has 0 spiro atoms. The van der Waals surface area contributed by atoms with E-state index in [1.54, 1.807) is 6.07 Å². The minimum atomic E-state index is -0.478. The van der Waals surface area contributed by atoms with Crippen molar-refractivity contribution >= 4 is 5.91 Å². The summed E-state index contributed by atoms with van der Waals surface area (Å²) in [6.45, 7) is 1.62. The highest BCUT2D eigenvalue weighted by atomic mass is 19.1. The lowest BCUT2D eigenvalue weighted by atomic mass is 9.91. The van der Waals surface area contributed by atoms with Crippen LogP contribution in [0.5, 0.6) is 0 Å². The van der Waals surface area contributed by atoms with Crippen molar-refractivity contribution in [3.05, 3.63) is 35.6 Å². The van der Waals surface area contributed by atoms with Gasteiger partial charge >= 0.3 is 0 Å². The van der Waals surface area contributed by atoms with Crippen LogP contribution >= 0.6 is 0 Å². The third kappa shape index (κ3) is 2.33. The van der Waals surface area contributed by atoms with Crippen LogP contribution in [0.3, 0.4) is 0 Å². The fourth-order valence-electron chi connectivity index (χ4n) is 3.16. The lowest BCUT2D eigenvalue weighted by Crippen LogP contribution is -2.44. The van der Waals surface area contributed by atoms with E-state index >= 15 is 0 Å². The Labute approximate surface area is 118 Å². The van der Waals surface area contributed by atoms with E-state index in [2.05, 4.69) is 0 Å². The zero-order chi connectivity index (χ0) is 14.2. The quantitative estimate of drug-likeness (QED) is 0.919. The summed E-state index contributed by atoms with van der Waals surface area (Å²) in [4.78, 5) is 14.6. The molecule has 1 aliphatic heterocycles. The first-order chi connectivity index (χ1) is 9.65. The van der Waals surface area contributed by atoms with Gasteiger partial charge in [-0.2, -0.15) is 0 Å². The van der Waals surface area contributed by atoms with E-state index in [1.807, 2.05) is 11.0 Å². The highest BCUT2D eigenvalue weighted by molar-refractivity contribution is 5.91. The van der Waals surface area contributed by atoms with Gasteiger partial charge in [0.1, 0.15) is 5.82 Å². The van der Waals surface area contributed by atoms with Gasteiger partial charge in [0.15, 0.2) is 0 Å². The SMILES string of the molecule is O=C(N1CCC(CO)CC1)C1(c2cccc(F)c2)CC1. The van der Waals surface area contributed by atoms with E-state index < -0.39 is 5.41 Å². The zero-order valence-corrected chi connectivity index (χ0v) is 11.5. The van der Waals surface area contributed by atoms with Crippen molar-refractivity contribution in [2.45, 2.75) is 31.1 Å². The number of carbonyl (C=O) groups is 1. The Kier molecular flexibility index (Phi) is 3.50. The molecule has 108 valence electrons. The predicted octanol–water partition coefficient (Wildman–Crippen LogP) is 2.09. The number of nitrogens with zero attached hydrogens (tertiary/aromatic N) is 1. The topological polar surface area (TPSA) is 40.5 Å². The van der Waals surface area contributed by atoms with Crippen molar-refractivity contribution in [2.75, 3.05) is 19.7 Å². The Morgan fingerprint density at radius 1 is 1.35 bits per heavy atom. The van der Waals surface area contributed by atoms with E-state index in [4.69, 9.17) is 5.11 Å². The summed E-state index contributed by atoms with van der Waals surface area (Å²) in [6, 6.07) is 6.44. The van der Waals surface area contributed by atoms with E-state index in [0.29, 0.717) is 19.0 Å². The first-order valence-corrected chi connectivity index (χ1v) is 7.32. The number of rotatable bonds is 3. The molecule has 2 aliphatic rings. The number of likely N-dealkylation sites (tertiary alicyclic amines) is 1. The number of aliphatic hydroxyl groups is 1.